The first kappa shape index (κ1) is 73.6. The van der Waals surface area contributed by atoms with Crippen molar-refractivity contribution in [2.45, 2.75) is 0 Å². The molecule has 0 atom stereocenters. The number of carbonyl (C=O) groups excluding carboxylic acids is 1. The molecule has 118 valence electrons. The SMILES string of the molecule is N.N.N.N.NC(=O)[O-].O=[N+]([O-])[O-].O=[N+]([O-])[O-].[Co+3].[H+].[NH2-]. The third-order valence-corrected chi connectivity index (χ3v) is 0. The zero-order valence-electron chi connectivity index (χ0n) is 9.98. The smallest absolute Gasteiger partial charge is 0.693 e. The van der Waals surface area contributed by atoms with Crippen LogP contribution in [0.3, 0.4) is 0 Å². The summed E-state index contributed by atoms with van der Waals surface area (Å²) in [5, 5.41) is 38.2. The number of hydrogen-bond acceptors (Lipinski definition) is 12. The molecule has 18 heavy (non-hydrogen) atoms. The van der Waals surface area contributed by atoms with E-state index in [0.717, 1.165) is 0 Å². The quantitative estimate of drug-likeness (QED) is 0.271. The van der Waals surface area contributed by atoms with Gasteiger partial charge in [-0.2, -0.15) is 0 Å². The summed E-state index contributed by atoms with van der Waals surface area (Å²) in [5.74, 6) is 0. The molecule has 0 rings (SSSR count). The predicted molar refractivity (Wildman–Crippen MR) is 56.8 cm³/mol. The maximum atomic E-state index is 8.67. The van der Waals surface area contributed by atoms with Gasteiger partial charge in [0.2, 0.25) is 0 Å². The van der Waals surface area contributed by atoms with E-state index in [9.17, 15) is 0 Å². The first-order chi connectivity index (χ1) is 5.20. The molecule has 16 nitrogen and oxygen atoms in total. The summed E-state index contributed by atoms with van der Waals surface area (Å²) in [6.07, 6.45) is -1.58. The molecule has 0 aliphatic carbocycles. The molecule has 0 aliphatic rings. The number of carbonyl (C=O) groups is 1. The molecule has 0 aromatic heterocycles. The Morgan fingerprint density at radius 3 is 0.889 bits per heavy atom. The minimum atomic E-state index is -1.75. The van der Waals surface area contributed by atoms with E-state index in [-0.39, 0.29) is 49.0 Å². The van der Waals surface area contributed by atoms with Gasteiger partial charge in [-0.15, -0.1) is 0 Å². The summed E-state index contributed by atoms with van der Waals surface area (Å²) >= 11 is 0. The van der Waals surface area contributed by atoms with Crippen molar-refractivity contribution >= 4 is 6.09 Å². The van der Waals surface area contributed by atoms with E-state index in [0.29, 0.717) is 0 Å². The van der Waals surface area contributed by atoms with Gasteiger partial charge in [-0.05, 0) is 0 Å². The van der Waals surface area contributed by atoms with Crippen LogP contribution in [0, 0.1) is 30.6 Å². The van der Waals surface area contributed by atoms with Crippen LogP contribution >= 0.6 is 0 Å². The Hall–Kier alpha value is -2.02. The Morgan fingerprint density at radius 2 is 0.889 bits per heavy atom. The van der Waals surface area contributed by atoms with Crippen LogP contribution in [-0.2, 0) is 16.8 Å². The van der Waals surface area contributed by atoms with Crippen LogP contribution in [0.1, 0.15) is 1.43 Å². The molecule has 0 saturated carbocycles. The van der Waals surface area contributed by atoms with Crippen molar-refractivity contribution in [2.24, 2.45) is 5.73 Å². The van der Waals surface area contributed by atoms with Crippen molar-refractivity contribution in [2.75, 3.05) is 0 Å². The van der Waals surface area contributed by atoms with Crippen LogP contribution in [0.4, 0.5) is 4.79 Å². The second-order valence-corrected chi connectivity index (χ2v) is 0.766. The van der Waals surface area contributed by atoms with Gasteiger partial charge in [0.1, 0.15) is 6.09 Å². The maximum Gasteiger partial charge on any atom is 3.00 e. The van der Waals surface area contributed by atoms with Gasteiger partial charge < -0.3 is 77.0 Å². The van der Waals surface area contributed by atoms with Gasteiger partial charge >= 0.3 is 18.2 Å². The molecule has 0 aromatic rings. The average molecular weight is 328 g/mol. The molecule has 0 aromatic carbocycles. The fourth-order valence-electron chi connectivity index (χ4n) is 0. The molecule has 0 radical (unpaired) electrons. The number of primary amides is 1. The molecule has 17 heteroatoms. The molecule has 0 spiro atoms. The van der Waals surface area contributed by atoms with Crippen molar-refractivity contribution < 1.29 is 38.3 Å². The fourth-order valence-corrected chi connectivity index (χ4v) is 0. The molecule has 0 heterocycles. The summed E-state index contributed by atoms with van der Waals surface area (Å²) in [6.45, 7) is 0. The Balaban J connectivity index is -0.00000000675. The molecule has 0 bridgehead atoms. The van der Waals surface area contributed by atoms with Gasteiger partial charge in [-0.25, -0.2) is 0 Å². The Kier molecular flexibility index (Phi) is 246. The van der Waals surface area contributed by atoms with Crippen molar-refractivity contribution in [1.82, 2.24) is 24.6 Å². The van der Waals surface area contributed by atoms with Gasteiger partial charge in [0.25, 0.3) is 0 Å². The third kappa shape index (κ3) is 575. The fraction of sp³-hybridized carbons (Fsp3) is 0. The van der Waals surface area contributed by atoms with Crippen LogP contribution < -0.4 is 35.4 Å². The predicted octanol–water partition coefficient (Wildman–Crippen LogP) is -0.715. The second kappa shape index (κ2) is 60.1. The second-order valence-electron chi connectivity index (χ2n) is 0.766. The minimum absolute atomic E-state index is 0. The van der Waals surface area contributed by atoms with E-state index in [1.807, 2.05) is 0 Å². The molecule has 0 fully saturated rings. The van der Waals surface area contributed by atoms with Crippen molar-refractivity contribution in [3.8, 4) is 0 Å². The van der Waals surface area contributed by atoms with Crippen LogP contribution in [0.5, 0.6) is 0 Å². The molecule has 0 unspecified atom stereocenters. The van der Waals surface area contributed by atoms with Crippen molar-refractivity contribution in [1.29, 1.82) is 0 Å². The first-order valence-electron chi connectivity index (χ1n) is 1.79. The number of amides is 1. The minimum Gasteiger partial charge on any atom is -0.693 e. The van der Waals surface area contributed by atoms with Gasteiger partial charge in [0.15, 0.2) is 0 Å². The average Bonchev–Trinajstić information content (AvgIpc) is 1.54. The van der Waals surface area contributed by atoms with Gasteiger partial charge in [-0.1, -0.05) is 0 Å². The van der Waals surface area contributed by atoms with Crippen LogP contribution in [0.25, 0.3) is 6.15 Å². The third-order valence-electron chi connectivity index (χ3n) is 0. The zero-order chi connectivity index (χ0) is 10.7. The van der Waals surface area contributed by atoms with E-state index in [2.05, 4.69) is 5.73 Å². The number of carboxylic acid groups (broad SMARTS) is 1. The summed E-state index contributed by atoms with van der Waals surface area (Å²) in [4.78, 5) is 25.2. The first-order valence-corrected chi connectivity index (χ1v) is 1.79. The number of nitrogens with zero attached hydrogens (tertiary/aromatic N) is 2. The molecule has 16 N–H and O–H groups in total. The van der Waals surface area contributed by atoms with Gasteiger partial charge in [0, 0.05) is 0 Å². The van der Waals surface area contributed by atoms with E-state index in [1.54, 1.807) is 0 Å². The van der Waals surface area contributed by atoms with E-state index in [4.69, 9.17) is 40.5 Å². The topological polar surface area (TPSA) is 372 Å². The molecule has 0 saturated heterocycles. The van der Waals surface area contributed by atoms with E-state index in [1.165, 1.54) is 0 Å². The normalized spacial score (nSPS) is 4.00. The number of nitrogens with two attached hydrogens (primary N) is 2. The van der Waals surface area contributed by atoms with Gasteiger partial charge in [-0.3, -0.25) is 0 Å². The summed E-state index contributed by atoms with van der Waals surface area (Å²) in [5.41, 5.74) is 3.92. The van der Waals surface area contributed by atoms with Crippen LogP contribution in [-0.4, -0.2) is 16.3 Å². The molecular weight excluding hydrogens is 311 g/mol. The summed E-state index contributed by atoms with van der Waals surface area (Å²) < 4.78 is 0. The summed E-state index contributed by atoms with van der Waals surface area (Å²) in [6, 6.07) is 0. The van der Waals surface area contributed by atoms with Crippen molar-refractivity contribution in [3.05, 3.63) is 36.8 Å². The van der Waals surface area contributed by atoms with Crippen molar-refractivity contribution in [3.63, 3.8) is 0 Å². The number of hydrogen-bond donors (Lipinski definition) is 5. The zero-order valence-corrected chi connectivity index (χ0v) is 10.0. The molecule has 1 amide bonds. The molecular formula is CH17CoN8O8. The maximum absolute atomic E-state index is 8.67. The monoisotopic (exact) mass is 328 g/mol. The Morgan fingerprint density at radius 1 is 0.889 bits per heavy atom. The van der Waals surface area contributed by atoms with Gasteiger partial charge in [0.05, 0.1) is 10.2 Å². The largest absolute Gasteiger partial charge is 3.00 e. The Labute approximate surface area is 112 Å². The van der Waals surface area contributed by atoms with E-state index < -0.39 is 16.3 Å². The number of rotatable bonds is 0. The molecule has 0 aliphatic heterocycles. The standard InChI is InChI=1S/CH3NO2.Co.2NO3.4H3N.H2N/c2-1(3)4;;2*2-1(3)4;;;;;/h2H2,(H,3,4);;;;4*1H3;1H2/q;+3;2*-1;;;;;-1. The van der Waals surface area contributed by atoms with E-state index >= 15 is 0 Å². The van der Waals surface area contributed by atoms with Crippen LogP contribution in [0.15, 0.2) is 0 Å². The summed E-state index contributed by atoms with van der Waals surface area (Å²) in [7, 11) is 0. The van der Waals surface area contributed by atoms with Crippen LogP contribution in [0.2, 0.25) is 0 Å². The Bertz CT molecular complexity index is 130.